The number of guanidine groups is 1. The average Bonchev–Trinajstić information content (AvgIpc) is 3.71. The molecule has 0 unspecified atom stereocenters. The smallest absolute Gasteiger partial charge is 0.437 e. The fourth-order valence-corrected chi connectivity index (χ4v) is 5.63. The lowest BCUT2D eigenvalue weighted by atomic mass is 10.1. The van der Waals surface area contributed by atoms with Gasteiger partial charge in [0.2, 0.25) is 17.7 Å². The first kappa shape index (κ1) is 35.0. The van der Waals surface area contributed by atoms with Crippen LogP contribution in [0.2, 0.25) is 0 Å². The Labute approximate surface area is 273 Å². The number of nitrogens with zero attached hydrogens (tertiary/aromatic N) is 5. The Morgan fingerprint density at radius 3 is 2.37 bits per heavy atom. The number of hydrogen-bond donors (Lipinski definition) is 1. The van der Waals surface area contributed by atoms with E-state index in [1.165, 1.54) is 50.3 Å². The van der Waals surface area contributed by atoms with Crippen molar-refractivity contribution in [2.24, 2.45) is 4.99 Å². The fraction of sp³-hybridized carbons (Fsp3) is 0.629. The summed E-state index contributed by atoms with van der Waals surface area (Å²) in [4.78, 5) is 36.1. The highest BCUT2D eigenvalue weighted by Gasteiger charge is 2.35. The summed E-state index contributed by atoms with van der Waals surface area (Å²) in [5.41, 5.74) is 0.514. The molecule has 1 aliphatic heterocycles. The largest absolute Gasteiger partial charge is 0.444 e. The number of amides is 2. The van der Waals surface area contributed by atoms with Gasteiger partial charge in [-0.1, -0.05) is 69.2 Å². The van der Waals surface area contributed by atoms with Gasteiger partial charge in [-0.15, -0.1) is 4.99 Å². The van der Waals surface area contributed by atoms with Crippen LogP contribution in [0.4, 0.5) is 9.59 Å². The Kier molecular flexibility index (Phi) is 11.9. The molecule has 3 aromatic rings. The Balaban J connectivity index is 1.48. The summed E-state index contributed by atoms with van der Waals surface area (Å²) in [6.45, 7) is 14.3. The van der Waals surface area contributed by atoms with E-state index in [1.54, 1.807) is 46.4 Å². The number of ether oxygens (including phenoxy) is 2. The predicted molar refractivity (Wildman–Crippen MR) is 180 cm³/mol. The maximum Gasteiger partial charge on any atom is 0.437 e. The third-order valence-corrected chi connectivity index (χ3v) is 7.74. The summed E-state index contributed by atoms with van der Waals surface area (Å²) in [5.74, 6) is 0.880. The molecular formula is C35H52N6O5. The molecule has 1 aliphatic rings. The number of carbonyl (C=O) groups excluding carboxylic acids is 2. The third-order valence-electron chi connectivity index (χ3n) is 7.74. The van der Waals surface area contributed by atoms with Crippen molar-refractivity contribution in [3.63, 3.8) is 0 Å². The molecule has 1 atom stereocenters. The quantitative estimate of drug-likeness (QED) is 0.126. The van der Waals surface area contributed by atoms with E-state index >= 15 is 0 Å². The van der Waals surface area contributed by atoms with Gasteiger partial charge >= 0.3 is 12.2 Å². The van der Waals surface area contributed by atoms with E-state index in [2.05, 4.69) is 51.4 Å². The van der Waals surface area contributed by atoms with Crippen LogP contribution in [0.3, 0.4) is 0 Å². The van der Waals surface area contributed by atoms with Crippen molar-refractivity contribution >= 4 is 29.0 Å². The van der Waals surface area contributed by atoms with Crippen molar-refractivity contribution in [2.75, 3.05) is 6.54 Å². The van der Waals surface area contributed by atoms with Crippen molar-refractivity contribution < 1.29 is 23.6 Å². The second-order valence-corrected chi connectivity index (χ2v) is 14.1. The zero-order valence-corrected chi connectivity index (χ0v) is 28.7. The number of nitrogens with one attached hydrogen (secondary N) is 1. The summed E-state index contributed by atoms with van der Waals surface area (Å²) < 4.78 is 18.9. The highest BCUT2D eigenvalue weighted by Crippen LogP contribution is 2.33. The van der Waals surface area contributed by atoms with Crippen LogP contribution in [0.25, 0.3) is 22.3 Å². The van der Waals surface area contributed by atoms with Crippen LogP contribution in [0.5, 0.6) is 0 Å². The number of carbonyl (C=O) groups is 2. The number of aromatic nitrogens is 3. The van der Waals surface area contributed by atoms with Crippen LogP contribution in [0, 0.1) is 0 Å². The molecule has 1 fully saturated rings. The normalized spacial score (nSPS) is 15.8. The number of unbranched alkanes of at least 4 members (excludes halogenated alkanes) is 7. The van der Waals surface area contributed by atoms with Gasteiger partial charge in [0, 0.05) is 30.4 Å². The molecule has 11 nitrogen and oxygen atoms in total. The van der Waals surface area contributed by atoms with Crippen molar-refractivity contribution in [3.8, 4) is 11.4 Å². The highest BCUT2D eigenvalue weighted by atomic mass is 16.6. The lowest BCUT2D eigenvalue weighted by Crippen LogP contribution is -2.46. The average molecular weight is 637 g/mol. The second kappa shape index (κ2) is 15.6. The minimum absolute atomic E-state index is 0.0194. The predicted octanol–water partition coefficient (Wildman–Crippen LogP) is 8.78. The minimum atomic E-state index is -0.821. The number of fused-ring (bicyclic) bond motifs is 1. The van der Waals surface area contributed by atoms with Gasteiger partial charge in [-0.05, 0) is 78.3 Å². The van der Waals surface area contributed by atoms with E-state index < -0.39 is 29.4 Å². The van der Waals surface area contributed by atoms with Gasteiger partial charge in [-0.2, -0.15) is 4.98 Å². The lowest BCUT2D eigenvalue weighted by Gasteiger charge is -2.27. The van der Waals surface area contributed by atoms with Gasteiger partial charge in [0.15, 0.2) is 0 Å². The molecule has 0 aliphatic carbocycles. The van der Waals surface area contributed by atoms with E-state index in [0.29, 0.717) is 24.7 Å². The summed E-state index contributed by atoms with van der Waals surface area (Å²) in [6.07, 6.45) is 12.3. The van der Waals surface area contributed by atoms with Crippen molar-refractivity contribution in [3.05, 3.63) is 36.4 Å². The minimum Gasteiger partial charge on any atom is -0.444 e. The first-order chi connectivity index (χ1) is 21.8. The van der Waals surface area contributed by atoms with Crippen molar-refractivity contribution in [2.45, 2.75) is 136 Å². The monoisotopic (exact) mass is 636 g/mol. The summed E-state index contributed by atoms with van der Waals surface area (Å²) >= 11 is 0. The highest BCUT2D eigenvalue weighted by molar-refractivity contribution is 5.99. The Morgan fingerprint density at radius 2 is 1.67 bits per heavy atom. The topological polar surface area (TPSA) is 124 Å². The lowest BCUT2D eigenvalue weighted by molar-refractivity contribution is 0.0553. The van der Waals surface area contributed by atoms with E-state index in [0.717, 1.165) is 30.5 Å². The van der Waals surface area contributed by atoms with E-state index in [4.69, 9.17) is 19.0 Å². The maximum atomic E-state index is 12.7. The van der Waals surface area contributed by atoms with Crippen LogP contribution < -0.4 is 5.32 Å². The zero-order valence-electron chi connectivity index (χ0n) is 28.7. The molecule has 1 aromatic carbocycles. The number of likely N-dealkylation sites (tertiary alicyclic amines) is 1. The standard InChI is InChI=1S/C35H52N6O5/c1-8-9-10-11-12-13-14-15-21-40-23-20-25-18-19-26(24-28(25)40)29-36-30(46-39-29)27-17-16-22-41(27)31(37-32(42)44-34(2,3)4)38-33(43)45-35(5,6)7/h18-20,23-24,27H,8-17,21-22H2,1-7H3,(H,37,38,42,43)/t27-/m0/s1. The van der Waals surface area contributed by atoms with E-state index in [9.17, 15) is 9.59 Å². The molecule has 0 spiro atoms. The van der Waals surface area contributed by atoms with Gasteiger partial charge < -0.3 is 23.5 Å². The molecule has 0 radical (unpaired) electrons. The molecule has 3 heterocycles. The number of hydrogen-bond acceptors (Lipinski definition) is 7. The second-order valence-electron chi connectivity index (χ2n) is 14.1. The van der Waals surface area contributed by atoms with Crippen LogP contribution in [-0.2, 0) is 16.0 Å². The summed E-state index contributed by atoms with van der Waals surface area (Å²) in [6, 6.07) is 7.95. The molecule has 46 heavy (non-hydrogen) atoms. The Bertz CT molecular complexity index is 1480. The van der Waals surface area contributed by atoms with Gasteiger partial charge in [0.1, 0.15) is 17.2 Å². The van der Waals surface area contributed by atoms with Gasteiger partial charge in [0.25, 0.3) is 0 Å². The van der Waals surface area contributed by atoms with Crippen LogP contribution in [0.1, 0.15) is 125 Å². The Morgan fingerprint density at radius 1 is 0.978 bits per heavy atom. The van der Waals surface area contributed by atoms with Crippen molar-refractivity contribution in [1.82, 2.24) is 24.9 Å². The third kappa shape index (κ3) is 10.3. The number of aliphatic imine (C=N–C) groups is 1. The number of benzene rings is 1. The van der Waals surface area contributed by atoms with Crippen LogP contribution >= 0.6 is 0 Å². The van der Waals surface area contributed by atoms with E-state index in [-0.39, 0.29) is 5.96 Å². The maximum absolute atomic E-state index is 12.7. The molecule has 2 amide bonds. The molecule has 2 aromatic heterocycles. The molecule has 1 saturated heterocycles. The summed E-state index contributed by atoms with van der Waals surface area (Å²) in [5, 5.41) is 8.14. The first-order valence-corrected chi connectivity index (χ1v) is 16.8. The molecule has 0 saturated carbocycles. The van der Waals surface area contributed by atoms with Crippen LogP contribution in [0.15, 0.2) is 40.0 Å². The zero-order chi connectivity index (χ0) is 33.3. The fourth-order valence-electron chi connectivity index (χ4n) is 5.63. The molecule has 4 rings (SSSR count). The number of rotatable bonds is 11. The molecule has 0 bridgehead atoms. The van der Waals surface area contributed by atoms with Gasteiger partial charge in [-0.3, -0.25) is 5.32 Å². The Hall–Kier alpha value is -3.89. The molecule has 252 valence electrons. The number of alkyl carbamates (subject to hydrolysis) is 1. The molecule has 11 heteroatoms. The number of aryl methyl sites for hydroxylation is 1. The van der Waals surface area contributed by atoms with Crippen molar-refractivity contribution in [1.29, 1.82) is 0 Å². The van der Waals surface area contributed by atoms with Gasteiger partial charge in [0.05, 0.1) is 0 Å². The first-order valence-electron chi connectivity index (χ1n) is 16.8. The SMILES string of the molecule is CCCCCCCCCCn1ccc2ccc(-c3noc([C@@H]4CCCN4C(=NC(=O)OC(C)(C)C)NC(=O)OC(C)(C)C)n3)cc21. The molecular weight excluding hydrogens is 584 g/mol. The summed E-state index contributed by atoms with van der Waals surface area (Å²) in [7, 11) is 0. The van der Waals surface area contributed by atoms with E-state index in [1.807, 2.05) is 6.07 Å². The molecule has 1 N–H and O–H groups in total. The van der Waals surface area contributed by atoms with Gasteiger partial charge in [-0.25, -0.2) is 9.59 Å². The van der Waals surface area contributed by atoms with Crippen LogP contribution in [-0.4, -0.2) is 55.5 Å².